The van der Waals surface area contributed by atoms with Crippen LogP contribution in [0.2, 0.25) is 0 Å². The lowest BCUT2D eigenvalue weighted by molar-refractivity contribution is -0.139. The van der Waals surface area contributed by atoms with Gasteiger partial charge in [-0.25, -0.2) is 0 Å². The molecule has 0 bridgehead atoms. The second-order valence-corrected chi connectivity index (χ2v) is 4.91. The molecule has 0 aliphatic carbocycles. The van der Waals surface area contributed by atoms with E-state index >= 15 is 0 Å². The van der Waals surface area contributed by atoms with E-state index in [1.807, 2.05) is 42.5 Å². The second kappa shape index (κ2) is 6.85. The number of hydrogen-bond donors (Lipinski definition) is 3. The zero-order chi connectivity index (χ0) is 15.2. The SMILES string of the molecule is NC(=O)CC[C@H](NCc1cccc2ccccc12)C(=O)O. The maximum absolute atomic E-state index is 11.2. The Kier molecular flexibility index (Phi) is 4.90. The van der Waals surface area contributed by atoms with Crippen LogP contribution in [0.15, 0.2) is 42.5 Å². The van der Waals surface area contributed by atoms with Gasteiger partial charge in [0.25, 0.3) is 0 Å². The molecule has 0 radical (unpaired) electrons. The molecular weight excluding hydrogens is 268 g/mol. The van der Waals surface area contributed by atoms with Crippen molar-refractivity contribution in [3.63, 3.8) is 0 Å². The summed E-state index contributed by atoms with van der Waals surface area (Å²) in [6, 6.07) is 13.1. The van der Waals surface area contributed by atoms with Crippen LogP contribution in [0.5, 0.6) is 0 Å². The first-order valence-electron chi connectivity index (χ1n) is 6.79. The number of fused-ring (bicyclic) bond motifs is 1. The predicted octanol–water partition coefficient (Wildman–Crippen LogP) is 1.65. The molecule has 1 atom stereocenters. The van der Waals surface area contributed by atoms with Gasteiger partial charge in [0.2, 0.25) is 5.91 Å². The van der Waals surface area contributed by atoms with Crippen LogP contribution in [0.4, 0.5) is 0 Å². The Balaban J connectivity index is 2.08. The molecule has 0 spiro atoms. The van der Waals surface area contributed by atoms with E-state index in [9.17, 15) is 9.59 Å². The molecule has 1 amide bonds. The average molecular weight is 286 g/mol. The number of carboxylic acids is 1. The van der Waals surface area contributed by atoms with E-state index < -0.39 is 17.9 Å². The van der Waals surface area contributed by atoms with Crippen molar-refractivity contribution < 1.29 is 14.7 Å². The molecule has 0 aliphatic heterocycles. The lowest BCUT2D eigenvalue weighted by Crippen LogP contribution is -2.37. The monoisotopic (exact) mass is 286 g/mol. The predicted molar refractivity (Wildman–Crippen MR) is 80.6 cm³/mol. The summed E-state index contributed by atoms with van der Waals surface area (Å²) in [5, 5.41) is 14.3. The van der Waals surface area contributed by atoms with Gasteiger partial charge in [-0.1, -0.05) is 42.5 Å². The number of carbonyl (C=O) groups excluding carboxylic acids is 1. The van der Waals surface area contributed by atoms with Gasteiger partial charge in [-0.3, -0.25) is 9.59 Å². The fraction of sp³-hybridized carbons (Fsp3) is 0.250. The number of amides is 1. The highest BCUT2D eigenvalue weighted by atomic mass is 16.4. The van der Waals surface area contributed by atoms with Crippen LogP contribution >= 0.6 is 0 Å². The molecule has 4 N–H and O–H groups in total. The van der Waals surface area contributed by atoms with Crippen LogP contribution in [0, 0.1) is 0 Å². The van der Waals surface area contributed by atoms with Gasteiger partial charge in [0.1, 0.15) is 6.04 Å². The third kappa shape index (κ3) is 4.03. The van der Waals surface area contributed by atoms with Gasteiger partial charge >= 0.3 is 5.97 Å². The van der Waals surface area contributed by atoms with E-state index in [0.29, 0.717) is 6.54 Å². The molecule has 0 saturated carbocycles. The first-order valence-corrected chi connectivity index (χ1v) is 6.79. The number of rotatable bonds is 7. The minimum absolute atomic E-state index is 0.0551. The molecule has 0 heterocycles. The molecule has 21 heavy (non-hydrogen) atoms. The maximum Gasteiger partial charge on any atom is 0.320 e. The number of nitrogens with two attached hydrogens (primary N) is 1. The summed E-state index contributed by atoms with van der Waals surface area (Å²) in [6.07, 6.45) is 0.245. The maximum atomic E-state index is 11.2. The number of benzene rings is 2. The van der Waals surface area contributed by atoms with Crippen LogP contribution < -0.4 is 11.1 Å². The molecule has 0 aromatic heterocycles. The Hall–Kier alpha value is -2.40. The largest absolute Gasteiger partial charge is 0.480 e. The molecule has 110 valence electrons. The summed E-state index contributed by atoms with van der Waals surface area (Å²) in [5.41, 5.74) is 6.09. The summed E-state index contributed by atoms with van der Waals surface area (Å²) < 4.78 is 0. The highest BCUT2D eigenvalue weighted by Crippen LogP contribution is 2.18. The highest BCUT2D eigenvalue weighted by molar-refractivity contribution is 5.85. The zero-order valence-corrected chi connectivity index (χ0v) is 11.6. The number of hydrogen-bond acceptors (Lipinski definition) is 3. The van der Waals surface area contributed by atoms with Crippen LogP contribution in [-0.2, 0) is 16.1 Å². The molecule has 2 rings (SSSR count). The molecule has 0 aliphatic rings. The van der Waals surface area contributed by atoms with Gasteiger partial charge in [0, 0.05) is 13.0 Å². The summed E-state index contributed by atoms with van der Waals surface area (Å²) >= 11 is 0. The minimum Gasteiger partial charge on any atom is -0.480 e. The highest BCUT2D eigenvalue weighted by Gasteiger charge is 2.17. The van der Waals surface area contributed by atoms with Crippen molar-refractivity contribution in [1.82, 2.24) is 5.32 Å². The lowest BCUT2D eigenvalue weighted by Gasteiger charge is -2.14. The van der Waals surface area contributed by atoms with Crippen LogP contribution in [-0.4, -0.2) is 23.0 Å². The van der Waals surface area contributed by atoms with Crippen LogP contribution in [0.1, 0.15) is 18.4 Å². The van der Waals surface area contributed by atoms with Crippen molar-refractivity contribution in [2.45, 2.75) is 25.4 Å². The quantitative estimate of drug-likeness (QED) is 0.721. The Morgan fingerprint density at radius 1 is 1.14 bits per heavy atom. The third-order valence-electron chi connectivity index (χ3n) is 3.40. The van der Waals surface area contributed by atoms with Gasteiger partial charge in [-0.05, 0) is 22.8 Å². The van der Waals surface area contributed by atoms with Crippen molar-refractivity contribution in [1.29, 1.82) is 0 Å². The van der Waals surface area contributed by atoms with Gasteiger partial charge in [0.15, 0.2) is 0 Å². The van der Waals surface area contributed by atoms with E-state index in [1.165, 1.54) is 0 Å². The number of aliphatic carboxylic acids is 1. The molecule has 2 aromatic rings. The molecule has 0 fully saturated rings. The van der Waals surface area contributed by atoms with E-state index in [2.05, 4.69) is 5.32 Å². The molecule has 0 saturated heterocycles. The molecule has 5 heteroatoms. The first kappa shape index (κ1) is 15.0. The Morgan fingerprint density at radius 2 is 1.86 bits per heavy atom. The van der Waals surface area contributed by atoms with E-state index in [-0.39, 0.29) is 12.8 Å². The van der Waals surface area contributed by atoms with Crippen molar-refractivity contribution in [3.05, 3.63) is 48.0 Å². The molecule has 2 aromatic carbocycles. The van der Waals surface area contributed by atoms with Gasteiger partial charge < -0.3 is 16.2 Å². The topological polar surface area (TPSA) is 92.4 Å². The van der Waals surface area contributed by atoms with Gasteiger partial charge in [-0.15, -0.1) is 0 Å². The Labute approximate surface area is 122 Å². The van der Waals surface area contributed by atoms with E-state index in [0.717, 1.165) is 16.3 Å². The molecule has 5 nitrogen and oxygen atoms in total. The number of primary amides is 1. The second-order valence-electron chi connectivity index (χ2n) is 4.91. The summed E-state index contributed by atoms with van der Waals surface area (Å²) in [7, 11) is 0. The van der Waals surface area contributed by atoms with Crippen molar-refractivity contribution >= 4 is 22.6 Å². The number of carbonyl (C=O) groups is 2. The molecule has 0 unspecified atom stereocenters. The lowest BCUT2D eigenvalue weighted by atomic mass is 10.0. The van der Waals surface area contributed by atoms with Crippen LogP contribution in [0.3, 0.4) is 0 Å². The summed E-state index contributed by atoms with van der Waals surface area (Å²) in [4.78, 5) is 22.0. The average Bonchev–Trinajstić information content (AvgIpc) is 2.46. The standard InChI is InChI=1S/C16H18N2O3/c17-15(19)9-8-14(16(20)21)18-10-12-6-3-5-11-4-1-2-7-13(11)12/h1-7,14,18H,8-10H2,(H2,17,19)(H,20,21)/t14-/m0/s1. The summed E-state index contributed by atoms with van der Waals surface area (Å²) in [5.74, 6) is -1.47. The number of nitrogens with one attached hydrogen (secondary N) is 1. The van der Waals surface area contributed by atoms with Crippen LogP contribution in [0.25, 0.3) is 10.8 Å². The van der Waals surface area contributed by atoms with Crippen molar-refractivity contribution in [2.24, 2.45) is 5.73 Å². The van der Waals surface area contributed by atoms with Gasteiger partial charge in [0.05, 0.1) is 0 Å². The van der Waals surface area contributed by atoms with Crippen molar-refractivity contribution in [3.8, 4) is 0 Å². The fourth-order valence-electron chi connectivity index (χ4n) is 2.28. The Morgan fingerprint density at radius 3 is 2.57 bits per heavy atom. The fourth-order valence-corrected chi connectivity index (χ4v) is 2.28. The van der Waals surface area contributed by atoms with Crippen molar-refractivity contribution in [2.75, 3.05) is 0 Å². The third-order valence-corrected chi connectivity index (χ3v) is 3.40. The summed E-state index contributed by atoms with van der Waals surface area (Å²) in [6.45, 7) is 0.428. The van der Waals surface area contributed by atoms with E-state index in [4.69, 9.17) is 10.8 Å². The number of carboxylic acid groups (broad SMARTS) is 1. The van der Waals surface area contributed by atoms with Gasteiger partial charge in [-0.2, -0.15) is 0 Å². The zero-order valence-electron chi connectivity index (χ0n) is 11.6. The first-order chi connectivity index (χ1) is 10.1. The smallest absolute Gasteiger partial charge is 0.320 e. The van der Waals surface area contributed by atoms with E-state index in [1.54, 1.807) is 0 Å². The normalized spacial score (nSPS) is 12.2. The Bertz CT molecular complexity index is 650. The molecular formula is C16H18N2O3. The minimum atomic E-state index is -0.975.